The van der Waals surface area contributed by atoms with Gasteiger partial charge in [0.15, 0.2) is 5.78 Å². The molecule has 68 heavy (non-hydrogen) atoms. The molecule has 3 N–H and O–H groups in total. The van der Waals surface area contributed by atoms with Crippen LogP contribution in [0.3, 0.4) is 0 Å². The van der Waals surface area contributed by atoms with E-state index in [9.17, 15) is 39.3 Å². The molecule has 4 aliphatic rings. The normalized spacial score (nSPS) is 39.6. The molecule has 15 atom stereocenters. The molecule has 0 aromatic heterocycles. The average molecular weight is 960 g/mol. The number of nitrogens with zero attached hydrogens (tertiary/aromatic N) is 1. The number of methoxy groups -OCH3 is 3. The molecule has 4 rings (SSSR count). The summed E-state index contributed by atoms with van der Waals surface area (Å²) in [5.74, 6) is -7.63. The number of fused-ring (bicyclic) bond motifs is 3. The Morgan fingerprint density at radius 1 is 0.824 bits per heavy atom. The van der Waals surface area contributed by atoms with E-state index >= 15 is 0 Å². The van der Waals surface area contributed by atoms with E-state index in [0.29, 0.717) is 57.8 Å². The highest BCUT2D eigenvalue weighted by atomic mass is 16.6. The molecule has 2 saturated heterocycles. The number of esters is 1. The molecule has 3 aliphatic heterocycles. The van der Waals surface area contributed by atoms with Gasteiger partial charge in [0.05, 0.1) is 43.2 Å². The van der Waals surface area contributed by atoms with Gasteiger partial charge in [-0.2, -0.15) is 0 Å². The number of rotatable bonds is 9. The first-order chi connectivity index (χ1) is 32.2. The van der Waals surface area contributed by atoms with Crippen LogP contribution in [0.2, 0.25) is 0 Å². The summed E-state index contributed by atoms with van der Waals surface area (Å²) in [6.07, 6.45) is 12.1. The van der Waals surface area contributed by atoms with Gasteiger partial charge in [-0.3, -0.25) is 19.2 Å². The lowest BCUT2D eigenvalue weighted by molar-refractivity contribution is -0.265. The van der Waals surface area contributed by atoms with E-state index in [2.05, 4.69) is 0 Å². The second-order valence-corrected chi connectivity index (χ2v) is 20.9. The third kappa shape index (κ3) is 15.9. The van der Waals surface area contributed by atoms with Crippen molar-refractivity contribution < 1.29 is 67.7 Å². The molecule has 0 radical (unpaired) electrons. The standard InChI is InChI=1S/C53H85NO14/c1-33-16-12-11-13-17-34(2)44(63-8)29-40-21-19-38(6)53(62,68-40)49(58)50(59)54-23-15-14-18-41(54)51(60)67-45(35(3)27-39-20-22-43(66-25-24-55)46(28-39)64-9)30-42(56)37(5)31-52(7,61)32-47(65-10)48(57)36(4)26-33/h11-13,16-17,33,35-41,43-47,55,61-62H,14-15,18-32H2,1-10H3/b13-11+,16-12+,34-17-. The lowest BCUT2D eigenvalue weighted by Gasteiger charge is -2.42. The molecule has 3 heterocycles. The number of ketones is 3. The Labute approximate surface area is 405 Å². The van der Waals surface area contributed by atoms with Crippen LogP contribution in [0.25, 0.3) is 0 Å². The fraction of sp³-hybridized carbons (Fsp3) is 0.792. The van der Waals surface area contributed by atoms with Crippen LogP contribution in [-0.2, 0) is 52.4 Å². The van der Waals surface area contributed by atoms with Crippen molar-refractivity contribution >= 4 is 29.2 Å². The Kier molecular flexibility index (Phi) is 22.7. The maximum Gasteiger partial charge on any atom is 0.329 e. The summed E-state index contributed by atoms with van der Waals surface area (Å²) >= 11 is 0. The minimum absolute atomic E-state index is 0.0183. The SMILES string of the molecule is COC1CC(C)(O)CC(C)C(=O)CC(C(C)CC2CCC(OCCO)C(OC)C2)OC(=O)C2CCCCN2C(=O)C(=O)C2(O)OC(CCC2C)CC(OC)\C(C)=C/C=C/C=C/C(C)CC(C)C1=O. The van der Waals surface area contributed by atoms with Gasteiger partial charge in [-0.05, 0) is 108 Å². The Morgan fingerprint density at radius 3 is 2.22 bits per heavy atom. The number of amides is 1. The van der Waals surface area contributed by atoms with Crippen LogP contribution < -0.4 is 0 Å². The number of Topliss-reactive ketones (excluding diaryl/α,β-unsaturated/α-hetero) is 3. The summed E-state index contributed by atoms with van der Waals surface area (Å²) < 4.78 is 35.7. The third-order valence-corrected chi connectivity index (χ3v) is 15.1. The molecular weight excluding hydrogens is 875 g/mol. The molecule has 0 spiro atoms. The van der Waals surface area contributed by atoms with E-state index in [1.165, 1.54) is 12.0 Å². The summed E-state index contributed by atoms with van der Waals surface area (Å²) in [5.41, 5.74) is -0.573. The van der Waals surface area contributed by atoms with Crippen LogP contribution in [0.1, 0.15) is 138 Å². The molecule has 15 nitrogen and oxygen atoms in total. The van der Waals surface area contributed by atoms with Crippen LogP contribution in [0.5, 0.6) is 0 Å². The van der Waals surface area contributed by atoms with Gasteiger partial charge in [-0.15, -0.1) is 0 Å². The van der Waals surface area contributed by atoms with Gasteiger partial charge >= 0.3 is 5.97 Å². The summed E-state index contributed by atoms with van der Waals surface area (Å²) in [4.78, 5) is 72.2. The number of carbonyl (C=O) groups excluding carboxylic acids is 5. The molecule has 1 saturated carbocycles. The first-order valence-corrected chi connectivity index (χ1v) is 25.3. The average Bonchev–Trinajstić information content (AvgIpc) is 3.31. The number of ether oxygens (including phenoxy) is 6. The molecular formula is C53H85NO14. The van der Waals surface area contributed by atoms with E-state index in [0.717, 1.165) is 12.0 Å². The Hall–Kier alpha value is -3.15. The second kappa shape index (κ2) is 26.9. The van der Waals surface area contributed by atoms with Gasteiger partial charge < -0.3 is 48.6 Å². The lowest BCUT2D eigenvalue weighted by Crippen LogP contribution is -2.61. The van der Waals surface area contributed by atoms with Gasteiger partial charge in [0, 0.05) is 64.9 Å². The number of carbonyl (C=O) groups is 5. The number of aliphatic hydroxyl groups excluding tert-OH is 1. The third-order valence-electron chi connectivity index (χ3n) is 15.1. The highest BCUT2D eigenvalue weighted by Gasteiger charge is 2.53. The zero-order chi connectivity index (χ0) is 50.3. The smallest absolute Gasteiger partial charge is 0.329 e. The zero-order valence-corrected chi connectivity index (χ0v) is 42.7. The van der Waals surface area contributed by atoms with E-state index < -0.39 is 71.3 Å². The van der Waals surface area contributed by atoms with Gasteiger partial charge in [0.2, 0.25) is 5.79 Å². The van der Waals surface area contributed by atoms with Crippen LogP contribution in [-0.4, -0.2) is 145 Å². The number of hydrogen-bond donors (Lipinski definition) is 3. The first kappa shape index (κ1) is 57.4. The predicted octanol–water partition coefficient (Wildman–Crippen LogP) is 6.42. The number of aliphatic hydroxyl groups is 3. The monoisotopic (exact) mass is 960 g/mol. The summed E-state index contributed by atoms with van der Waals surface area (Å²) in [5, 5.41) is 33.1. The number of piperidine rings is 1. The number of cyclic esters (lactones) is 1. The highest BCUT2D eigenvalue weighted by Crippen LogP contribution is 2.38. The molecule has 386 valence electrons. The fourth-order valence-corrected chi connectivity index (χ4v) is 10.9. The van der Waals surface area contributed by atoms with Crippen molar-refractivity contribution in [2.75, 3.05) is 41.1 Å². The molecule has 1 aliphatic carbocycles. The van der Waals surface area contributed by atoms with Crippen molar-refractivity contribution in [2.45, 2.75) is 192 Å². The Bertz CT molecular complexity index is 1760. The topological polar surface area (TPSA) is 205 Å². The quantitative estimate of drug-likeness (QED) is 0.169. The summed E-state index contributed by atoms with van der Waals surface area (Å²) in [6, 6.07) is -1.14. The van der Waals surface area contributed by atoms with E-state index in [1.54, 1.807) is 35.0 Å². The largest absolute Gasteiger partial charge is 0.460 e. The fourth-order valence-electron chi connectivity index (χ4n) is 10.9. The highest BCUT2D eigenvalue weighted by molar-refractivity contribution is 6.39. The van der Waals surface area contributed by atoms with Crippen molar-refractivity contribution in [1.29, 1.82) is 0 Å². The lowest BCUT2D eigenvalue weighted by atomic mass is 9.77. The van der Waals surface area contributed by atoms with Crippen LogP contribution in [0, 0.1) is 35.5 Å². The predicted molar refractivity (Wildman–Crippen MR) is 256 cm³/mol. The maximum absolute atomic E-state index is 14.5. The second-order valence-electron chi connectivity index (χ2n) is 20.9. The minimum atomic E-state index is -2.43. The number of allylic oxidation sites excluding steroid dienone is 5. The van der Waals surface area contributed by atoms with Crippen molar-refractivity contribution in [3.8, 4) is 0 Å². The molecule has 15 heteroatoms. The van der Waals surface area contributed by atoms with E-state index in [4.69, 9.17) is 28.4 Å². The van der Waals surface area contributed by atoms with Crippen molar-refractivity contribution in [2.24, 2.45) is 35.5 Å². The van der Waals surface area contributed by atoms with Crippen molar-refractivity contribution in [3.05, 3.63) is 36.0 Å². The van der Waals surface area contributed by atoms with Crippen LogP contribution in [0.15, 0.2) is 36.0 Å². The number of hydrogen-bond acceptors (Lipinski definition) is 14. The summed E-state index contributed by atoms with van der Waals surface area (Å²) in [7, 11) is 4.66. The molecule has 3 fully saturated rings. The summed E-state index contributed by atoms with van der Waals surface area (Å²) in [6.45, 7) is 12.9. The minimum Gasteiger partial charge on any atom is -0.460 e. The molecule has 2 bridgehead atoms. The van der Waals surface area contributed by atoms with E-state index in [1.807, 2.05) is 58.1 Å². The van der Waals surface area contributed by atoms with Gasteiger partial charge in [0.25, 0.3) is 11.7 Å². The van der Waals surface area contributed by atoms with Crippen molar-refractivity contribution in [1.82, 2.24) is 4.90 Å². The Balaban J connectivity index is 1.67. The zero-order valence-electron chi connectivity index (χ0n) is 42.7. The van der Waals surface area contributed by atoms with Crippen LogP contribution >= 0.6 is 0 Å². The maximum atomic E-state index is 14.5. The molecule has 1 amide bonds. The van der Waals surface area contributed by atoms with E-state index in [-0.39, 0.29) is 92.9 Å². The molecule has 15 unspecified atom stereocenters. The first-order valence-electron chi connectivity index (χ1n) is 25.3. The van der Waals surface area contributed by atoms with Gasteiger partial charge in [-0.25, -0.2) is 4.79 Å². The Morgan fingerprint density at radius 2 is 1.54 bits per heavy atom. The van der Waals surface area contributed by atoms with Gasteiger partial charge in [0.1, 0.15) is 24.0 Å². The molecule has 0 aromatic carbocycles. The van der Waals surface area contributed by atoms with Gasteiger partial charge in [-0.1, -0.05) is 65.0 Å². The van der Waals surface area contributed by atoms with Crippen LogP contribution in [0.4, 0.5) is 0 Å². The molecule has 0 aromatic rings. The van der Waals surface area contributed by atoms with Crippen molar-refractivity contribution in [3.63, 3.8) is 0 Å².